The fourth-order valence-electron chi connectivity index (χ4n) is 2.68. The number of halogens is 4. The van der Waals surface area contributed by atoms with Gasteiger partial charge in [-0.2, -0.15) is 13.2 Å². The van der Waals surface area contributed by atoms with E-state index in [0.29, 0.717) is 11.1 Å². The lowest BCUT2D eigenvalue weighted by atomic mass is 10.0. The predicted molar refractivity (Wildman–Crippen MR) is 84.2 cm³/mol. The second-order valence-corrected chi connectivity index (χ2v) is 8.22. The fraction of sp³-hybridized carbons (Fsp3) is 0.333. The summed E-state index contributed by atoms with van der Waals surface area (Å²) < 4.78 is 39.2. The van der Waals surface area contributed by atoms with E-state index >= 15 is 0 Å². The molecule has 3 nitrogen and oxygen atoms in total. The lowest BCUT2D eigenvalue weighted by Crippen LogP contribution is -2.38. The van der Waals surface area contributed by atoms with E-state index in [4.69, 9.17) is 0 Å². The molecule has 2 aromatic rings. The molecule has 0 aliphatic carbocycles. The highest BCUT2D eigenvalue weighted by Crippen LogP contribution is 2.45. The van der Waals surface area contributed by atoms with Crippen LogP contribution < -0.4 is 0 Å². The van der Waals surface area contributed by atoms with Gasteiger partial charge >= 0.3 is 6.18 Å². The van der Waals surface area contributed by atoms with E-state index in [1.165, 1.54) is 17.4 Å². The summed E-state index contributed by atoms with van der Waals surface area (Å²) in [5, 5.41) is 0. The first-order chi connectivity index (χ1) is 10.6. The van der Waals surface area contributed by atoms with E-state index in [2.05, 4.69) is 20.9 Å². The van der Waals surface area contributed by atoms with Gasteiger partial charge in [-0.25, -0.2) is 0 Å². The molecule has 2 aromatic heterocycles. The van der Waals surface area contributed by atoms with Gasteiger partial charge in [-0.1, -0.05) is 0 Å². The number of carbonyl (C=O) groups is 1. The average Bonchev–Trinajstić information content (AvgIpc) is 2.92. The van der Waals surface area contributed by atoms with E-state index in [-0.39, 0.29) is 12.5 Å². The molecule has 0 radical (unpaired) electrons. The Kier molecular flexibility index (Phi) is 3.79. The van der Waals surface area contributed by atoms with Crippen molar-refractivity contribution in [2.45, 2.75) is 32.1 Å². The Morgan fingerprint density at radius 1 is 1.35 bits per heavy atom. The van der Waals surface area contributed by atoms with Crippen LogP contribution in [-0.2, 0) is 18.3 Å². The van der Waals surface area contributed by atoms with Gasteiger partial charge in [-0.15, -0.1) is 11.3 Å². The first kappa shape index (κ1) is 16.4. The van der Waals surface area contributed by atoms with Crippen LogP contribution in [-0.4, -0.2) is 15.8 Å². The number of pyridine rings is 1. The second kappa shape index (κ2) is 5.31. The number of hydrogen-bond donors (Lipinski definition) is 0. The molecule has 0 atom stereocenters. The van der Waals surface area contributed by atoms with Crippen LogP contribution >= 0.6 is 27.3 Å². The molecule has 0 bridgehead atoms. The quantitative estimate of drug-likeness (QED) is 0.718. The normalized spacial score (nSPS) is 16.8. The number of carbonyl (C=O) groups excluding carboxylic acids is 1. The zero-order valence-corrected chi connectivity index (χ0v) is 14.6. The Balaban J connectivity index is 1.93. The highest BCUT2D eigenvalue weighted by Gasteiger charge is 2.44. The third-order valence-corrected chi connectivity index (χ3v) is 5.81. The minimum Gasteiger partial charge on any atom is -0.324 e. The third-order valence-electron chi connectivity index (χ3n) is 3.86. The zero-order chi connectivity index (χ0) is 17.0. The summed E-state index contributed by atoms with van der Waals surface area (Å²) in [6.45, 7) is 3.90. The monoisotopic (exact) mass is 404 g/mol. The smallest absolute Gasteiger partial charge is 0.324 e. The van der Waals surface area contributed by atoms with Gasteiger partial charge in [-0.05, 0) is 53.5 Å². The van der Waals surface area contributed by atoms with Crippen LogP contribution in [0.3, 0.4) is 0 Å². The molecule has 0 aromatic carbocycles. The summed E-state index contributed by atoms with van der Waals surface area (Å²) in [6.07, 6.45) is -3.37. The van der Waals surface area contributed by atoms with E-state index in [1.54, 1.807) is 11.0 Å². The molecule has 3 heterocycles. The predicted octanol–water partition coefficient (Wildman–Crippen LogP) is 4.82. The highest BCUT2D eigenvalue weighted by molar-refractivity contribution is 9.11. The molecule has 0 saturated carbocycles. The van der Waals surface area contributed by atoms with Crippen molar-refractivity contribution in [1.82, 2.24) is 9.88 Å². The molecule has 1 aliphatic heterocycles. The van der Waals surface area contributed by atoms with Crippen molar-refractivity contribution in [1.29, 1.82) is 0 Å². The number of amides is 1. The number of fused-ring (bicyclic) bond motifs is 1. The summed E-state index contributed by atoms with van der Waals surface area (Å²) in [6, 6.07) is 4.25. The molecule has 0 spiro atoms. The van der Waals surface area contributed by atoms with Crippen molar-refractivity contribution in [3.8, 4) is 0 Å². The number of thiophene rings is 1. The maximum Gasteiger partial charge on any atom is 0.433 e. The second-order valence-electron chi connectivity index (χ2n) is 5.79. The number of hydrogen-bond acceptors (Lipinski definition) is 3. The molecule has 0 saturated heterocycles. The zero-order valence-electron chi connectivity index (χ0n) is 12.2. The van der Waals surface area contributed by atoms with Crippen molar-refractivity contribution < 1.29 is 18.0 Å². The van der Waals surface area contributed by atoms with E-state index in [0.717, 1.165) is 20.9 Å². The SMILES string of the molecule is CC1(C)c2sc(Br)cc2C(=O)N1Cc1ccnc(C(F)(F)F)c1. The van der Waals surface area contributed by atoms with Crippen LogP contribution in [0.25, 0.3) is 0 Å². The maximum atomic E-state index is 12.8. The molecule has 23 heavy (non-hydrogen) atoms. The van der Waals surface area contributed by atoms with Crippen LogP contribution in [0.1, 0.15) is 40.3 Å². The first-order valence-electron chi connectivity index (χ1n) is 6.74. The van der Waals surface area contributed by atoms with Gasteiger partial charge in [-0.3, -0.25) is 9.78 Å². The van der Waals surface area contributed by atoms with Gasteiger partial charge in [0, 0.05) is 17.6 Å². The summed E-state index contributed by atoms with van der Waals surface area (Å²) in [5.74, 6) is -0.169. The Morgan fingerprint density at radius 3 is 2.65 bits per heavy atom. The number of rotatable bonds is 2. The minimum atomic E-state index is -4.50. The van der Waals surface area contributed by atoms with Crippen molar-refractivity contribution in [2.75, 3.05) is 0 Å². The number of aromatic nitrogens is 1. The summed E-state index contributed by atoms with van der Waals surface area (Å²) in [4.78, 5) is 18.4. The van der Waals surface area contributed by atoms with Crippen LogP contribution in [0.15, 0.2) is 28.2 Å². The Morgan fingerprint density at radius 2 is 2.04 bits per heavy atom. The molecule has 3 rings (SSSR count). The van der Waals surface area contributed by atoms with Gasteiger partial charge in [0.25, 0.3) is 5.91 Å². The van der Waals surface area contributed by atoms with Crippen LogP contribution in [0, 0.1) is 0 Å². The van der Waals surface area contributed by atoms with Crippen molar-refractivity contribution in [2.24, 2.45) is 0 Å². The molecular formula is C15H12BrF3N2OS. The van der Waals surface area contributed by atoms with E-state index in [1.807, 2.05) is 13.8 Å². The fourth-order valence-corrected chi connectivity index (χ4v) is 4.38. The van der Waals surface area contributed by atoms with Crippen molar-refractivity contribution in [3.63, 3.8) is 0 Å². The summed E-state index contributed by atoms with van der Waals surface area (Å²) in [5.41, 5.74) is -0.498. The third kappa shape index (κ3) is 2.78. The molecule has 0 unspecified atom stereocenters. The average molecular weight is 405 g/mol. The standard InChI is InChI=1S/C15H12BrF3N2OS/c1-14(2)12-9(6-11(16)23-12)13(22)21(14)7-8-3-4-20-10(5-8)15(17,18)19/h3-6H,7H2,1-2H3. The minimum absolute atomic E-state index is 0.108. The largest absolute Gasteiger partial charge is 0.433 e. The van der Waals surface area contributed by atoms with Gasteiger partial charge in [0.15, 0.2) is 0 Å². The van der Waals surface area contributed by atoms with Crippen LogP contribution in [0.5, 0.6) is 0 Å². The first-order valence-corrected chi connectivity index (χ1v) is 8.35. The van der Waals surface area contributed by atoms with Crippen LogP contribution in [0.4, 0.5) is 13.2 Å². The molecule has 0 fully saturated rings. The van der Waals surface area contributed by atoms with Gasteiger partial charge < -0.3 is 4.90 Å². The molecule has 122 valence electrons. The van der Waals surface area contributed by atoms with Gasteiger partial charge in [0.05, 0.1) is 14.9 Å². The Bertz CT molecular complexity index is 785. The van der Waals surface area contributed by atoms with Crippen molar-refractivity contribution >= 4 is 33.2 Å². The number of alkyl halides is 3. The summed E-state index contributed by atoms with van der Waals surface area (Å²) >= 11 is 4.84. The highest BCUT2D eigenvalue weighted by atomic mass is 79.9. The Labute approximate surface area is 143 Å². The van der Waals surface area contributed by atoms with Gasteiger partial charge in [0.1, 0.15) is 5.69 Å². The summed E-state index contributed by atoms with van der Waals surface area (Å²) in [7, 11) is 0. The molecule has 8 heteroatoms. The van der Waals surface area contributed by atoms with Crippen LogP contribution in [0.2, 0.25) is 0 Å². The lowest BCUT2D eigenvalue weighted by molar-refractivity contribution is -0.141. The van der Waals surface area contributed by atoms with E-state index in [9.17, 15) is 18.0 Å². The molecule has 1 amide bonds. The lowest BCUT2D eigenvalue weighted by Gasteiger charge is -2.32. The topological polar surface area (TPSA) is 33.2 Å². The molecule has 0 N–H and O–H groups in total. The molecular weight excluding hydrogens is 393 g/mol. The van der Waals surface area contributed by atoms with E-state index < -0.39 is 17.4 Å². The number of nitrogens with zero attached hydrogens (tertiary/aromatic N) is 2. The Hall–Kier alpha value is -1.41. The van der Waals surface area contributed by atoms with Gasteiger partial charge in [0.2, 0.25) is 0 Å². The maximum absolute atomic E-state index is 12.8. The van der Waals surface area contributed by atoms with Crippen molar-refractivity contribution in [3.05, 3.63) is 49.9 Å². The molecule has 1 aliphatic rings.